The zero-order valence-corrected chi connectivity index (χ0v) is 19.4. The molecule has 1 aromatic carbocycles. The second-order valence-electron chi connectivity index (χ2n) is 8.71. The minimum absolute atomic E-state index is 0.342. The molecule has 11 nitrogen and oxygen atoms in total. The van der Waals surface area contributed by atoms with Crippen LogP contribution in [0.3, 0.4) is 0 Å². The zero-order chi connectivity index (χ0) is 23.7. The molecule has 5 rings (SSSR count). The lowest BCUT2D eigenvalue weighted by atomic mass is 10.1. The standard InChI is InChI=1S/C23H29N7O4/c1-3-33-20-12-19-16(13-27(2)30(19)34-15-31)11-18(20)23(32)24-21-6-7-22(26-25-21)29-10-9-28-8-4-5-17(28)14-29/h6-7,11-12,15,17H,3-5,8-10,13-14H2,1-2H3,(H,24,25,32)/t17-/m1/s1. The van der Waals surface area contributed by atoms with Crippen LogP contribution in [0.25, 0.3) is 0 Å². The van der Waals surface area contributed by atoms with Gasteiger partial charge < -0.3 is 19.8 Å². The van der Waals surface area contributed by atoms with Crippen molar-refractivity contribution in [2.75, 3.05) is 55.2 Å². The average Bonchev–Trinajstić information content (AvgIpc) is 3.43. The summed E-state index contributed by atoms with van der Waals surface area (Å²) in [4.78, 5) is 33.9. The van der Waals surface area contributed by atoms with E-state index in [1.807, 2.05) is 13.0 Å². The third kappa shape index (κ3) is 4.24. The Morgan fingerprint density at radius 3 is 2.88 bits per heavy atom. The molecule has 34 heavy (non-hydrogen) atoms. The van der Waals surface area contributed by atoms with Gasteiger partial charge in [-0.3, -0.25) is 14.5 Å². The molecule has 2 aromatic rings. The van der Waals surface area contributed by atoms with Crippen molar-refractivity contribution < 1.29 is 19.2 Å². The predicted octanol–water partition coefficient (Wildman–Crippen LogP) is 1.67. The molecule has 1 amide bonds. The fourth-order valence-corrected chi connectivity index (χ4v) is 4.99. The van der Waals surface area contributed by atoms with Crippen molar-refractivity contribution >= 4 is 29.7 Å². The largest absolute Gasteiger partial charge is 0.493 e. The Morgan fingerprint density at radius 2 is 2.12 bits per heavy atom. The second kappa shape index (κ2) is 9.43. The van der Waals surface area contributed by atoms with Crippen LogP contribution in [-0.4, -0.2) is 78.4 Å². The van der Waals surface area contributed by atoms with E-state index in [9.17, 15) is 9.59 Å². The molecule has 180 valence electrons. The first-order valence-corrected chi connectivity index (χ1v) is 11.6. The molecule has 0 saturated carbocycles. The summed E-state index contributed by atoms with van der Waals surface area (Å²) in [5.41, 5.74) is 1.87. The number of carbonyl (C=O) groups excluding carboxylic acids is 2. The quantitative estimate of drug-likeness (QED) is 0.605. The molecule has 0 spiro atoms. The van der Waals surface area contributed by atoms with Crippen molar-refractivity contribution in [3.63, 3.8) is 0 Å². The summed E-state index contributed by atoms with van der Waals surface area (Å²) in [5.74, 6) is 1.26. The zero-order valence-electron chi connectivity index (χ0n) is 19.4. The normalized spacial score (nSPS) is 20.1. The molecule has 1 aromatic heterocycles. The Morgan fingerprint density at radius 1 is 1.24 bits per heavy atom. The molecule has 11 heteroatoms. The van der Waals surface area contributed by atoms with Crippen LogP contribution in [0.2, 0.25) is 0 Å². The number of nitrogens with zero attached hydrogens (tertiary/aromatic N) is 6. The second-order valence-corrected chi connectivity index (χ2v) is 8.71. The number of piperazine rings is 1. The minimum atomic E-state index is -0.342. The van der Waals surface area contributed by atoms with Crippen LogP contribution < -0.4 is 20.1 Å². The summed E-state index contributed by atoms with van der Waals surface area (Å²) in [6.07, 6.45) is 2.50. The number of fused-ring (bicyclic) bond motifs is 2. The van der Waals surface area contributed by atoms with Gasteiger partial charge in [0.1, 0.15) is 11.4 Å². The highest BCUT2D eigenvalue weighted by Crippen LogP contribution is 2.36. The summed E-state index contributed by atoms with van der Waals surface area (Å²) in [5, 5.41) is 14.6. The molecular weight excluding hydrogens is 438 g/mol. The maximum atomic E-state index is 13.1. The highest BCUT2D eigenvalue weighted by atomic mass is 16.7. The fourth-order valence-electron chi connectivity index (χ4n) is 4.99. The van der Waals surface area contributed by atoms with E-state index in [0.29, 0.717) is 48.5 Å². The lowest BCUT2D eigenvalue weighted by Gasteiger charge is -2.37. The topological polar surface area (TPSA) is 103 Å². The number of hydrogen-bond donors (Lipinski definition) is 1. The van der Waals surface area contributed by atoms with E-state index in [1.54, 1.807) is 30.3 Å². The van der Waals surface area contributed by atoms with Gasteiger partial charge in [0.25, 0.3) is 5.91 Å². The van der Waals surface area contributed by atoms with Gasteiger partial charge in [0.05, 0.1) is 12.2 Å². The number of hydrazine groups is 1. The summed E-state index contributed by atoms with van der Waals surface area (Å²) in [7, 11) is 1.79. The molecule has 3 aliphatic heterocycles. The van der Waals surface area contributed by atoms with Gasteiger partial charge in [-0.2, -0.15) is 5.01 Å². The number of nitrogens with one attached hydrogen (secondary N) is 1. The van der Waals surface area contributed by atoms with Crippen LogP contribution in [0.1, 0.15) is 35.7 Å². The van der Waals surface area contributed by atoms with Crippen molar-refractivity contribution in [3.05, 3.63) is 35.4 Å². The van der Waals surface area contributed by atoms with Crippen molar-refractivity contribution in [1.82, 2.24) is 20.1 Å². The van der Waals surface area contributed by atoms with Crippen molar-refractivity contribution in [3.8, 4) is 5.75 Å². The van der Waals surface area contributed by atoms with E-state index < -0.39 is 0 Å². The summed E-state index contributed by atoms with van der Waals surface area (Å²) < 4.78 is 5.72. The van der Waals surface area contributed by atoms with Crippen LogP contribution in [0.4, 0.5) is 17.3 Å². The number of aromatic nitrogens is 2. The van der Waals surface area contributed by atoms with E-state index in [1.165, 1.54) is 24.6 Å². The summed E-state index contributed by atoms with van der Waals surface area (Å²) in [6, 6.07) is 7.74. The van der Waals surface area contributed by atoms with Gasteiger partial charge in [0, 0.05) is 45.3 Å². The first kappa shape index (κ1) is 22.4. The average molecular weight is 468 g/mol. The van der Waals surface area contributed by atoms with Crippen molar-refractivity contribution in [2.24, 2.45) is 0 Å². The lowest BCUT2D eigenvalue weighted by molar-refractivity contribution is -0.135. The van der Waals surface area contributed by atoms with Crippen molar-refractivity contribution in [1.29, 1.82) is 0 Å². The number of amides is 1. The molecule has 0 aliphatic carbocycles. The van der Waals surface area contributed by atoms with Gasteiger partial charge in [-0.25, -0.2) is 0 Å². The third-order valence-electron chi connectivity index (χ3n) is 6.59. The third-order valence-corrected chi connectivity index (χ3v) is 6.59. The number of rotatable bonds is 7. The molecular formula is C23H29N7O4. The summed E-state index contributed by atoms with van der Waals surface area (Å²) >= 11 is 0. The molecule has 0 bridgehead atoms. The number of ether oxygens (including phenoxy) is 1. The molecule has 0 radical (unpaired) electrons. The van der Waals surface area contributed by atoms with Crippen molar-refractivity contribution in [2.45, 2.75) is 32.4 Å². The Labute approximate surface area is 198 Å². The molecule has 2 fully saturated rings. The van der Waals surface area contributed by atoms with Crippen LogP contribution in [0.5, 0.6) is 5.75 Å². The van der Waals surface area contributed by atoms with E-state index >= 15 is 0 Å². The predicted molar refractivity (Wildman–Crippen MR) is 125 cm³/mol. The van der Waals surface area contributed by atoms with Gasteiger partial charge >= 0.3 is 6.47 Å². The highest BCUT2D eigenvalue weighted by molar-refractivity contribution is 6.06. The maximum absolute atomic E-state index is 13.1. The number of carbonyl (C=O) groups is 2. The Balaban J connectivity index is 1.31. The molecule has 1 N–H and O–H groups in total. The first-order valence-electron chi connectivity index (χ1n) is 11.6. The molecule has 4 heterocycles. The van der Waals surface area contributed by atoms with Gasteiger partial charge in [-0.05, 0) is 50.1 Å². The van der Waals surface area contributed by atoms with Gasteiger partial charge in [-0.15, -0.1) is 15.4 Å². The van der Waals surface area contributed by atoms with E-state index in [2.05, 4.69) is 25.3 Å². The van der Waals surface area contributed by atoms with Crippen LogP contribution in [-0.2, 0) is 16.2 Å². The van der Waals surface area contributed by atoms with Gasteiger partial charge in [-0.1, -0.05) is 0 Å². The molecule has 0 unspecified atom stereocenters. The number of benzene rings is 1. The van der Waals surface area contributed by atoms with Crippen LogP contribution in [0, 0.1) is 0 Å². The monoisotopic (exact) mass is 467 g/mol. The maximum Gasteiger partial charge on any atom is 0.322 e. The lowest BCUT2D eigenvalue weighted by Crippen LogP contribution is -2.50. The van der Waals surface area contributed by atoms with Crippen LogP contribution >= 0.6 is 0 Å². The van der Waals surface area contributed by atoms with E-state index in [4.69, 9.17) is 9.57 Å². The SMILES string of the molecule is CCOc1cc2c(cc1C(=O)Nc1ccc(N3CCN4CCC[C@@H]4C3)nn1)CN(C)N2OC=O. The Hall–Kier alpha value is -3.44. The highest BCUT2D eigenvalue weighted by Gasteiger charge is 2.32. The number of anilines is 3. The molecule has 3 aliphatic rings. The Bertz CT molecular complexity index is 1060. The molecule has 1 atom stereocenters. The van der Waals surface area contributed by atoms with Gasteiger partial charge in [0.2, 0.25) is 0 Å². The number of hydrogen-bond acceptors (Lipinski definition) is 10. The van der Waals surface area contributed by atoms with Crippen LogP contribution in [0.15, 0.2) is 24.3 Å². The smallest absolute Gasteiger partial charge is 0.322 e. The molecule has 2 saturated heterocycles. The van der Waals surface area contributed by atoms with Gasteiger partial charge in [0.15, 0.2) is 11.6 Å². The first-order chi connectivity index (χ1) is 16.6. The minimum Gasteiger partial charge on any atom is -0.493 e. The Kier molecular flexibility index (Phi) is 6.20. The fraction of sp³-hybridized carbons (Fsp3) is 0.478. The van der Waals surface area contributed by atoms with E-state index in [-0.39, 0.29) is 5.91 Å². The van der Waals surface area contributed by atoms with E-state index in [0.717, 1.165) is 31.0 Å². The summed E-state index contributed by atoms with van der Waals surface area (Å²) in [6.45, 7) is 7.22.